The molecule has 1 aliphatic heterocycles. The second-order valence-electron chi connectivity index (χ2n) is 8.15. The summed E-state index contributed by atoms with van der Waals surface area (Å²) >= 11 is 0. The molecule has 10 heteroatoms. The third kappa shape index (κ3) is 5.97. The second-order valence-corrected chi connectivity index (χ2v) is 8.15. The third-order valence-corrected chi connectivity index (χ3v) is 5.74. The number of nitrogens with one attached hydrogen (secondary N) is 3. The van der Waals surface area contributed by atoms with Gasteiger partial charge in [-0.05, 0) is 50.3 Å². The van der Waals surface area contributed by atoms with Gasteiger partial charge in [0.05, 0.1) is 0 Å². The molecule has 1 saturated carbocycles. The largest absolute Gasteiger partial charge is 0.350 e. The van der Waals surface area contributed by atoms with Gasteiger partial charge in [0.2, 0.25) is 0 Å². The van der Waals surface area contributed by atoms with Crippen LogP contribution in [0.4, 0.5) is 19.7 Å². The van der Waals surface area contributed by atoms with E-state index in [1.54, 1.807) is 6.07 Å². The Morgan fingerprint density at radius 1 is 1.12 bits per heavy atom. The molecule has 9 nitrogen and oxygen atoms in total. The molecule has 1 aromatic carbocycles. The molecule has 174 valence electrons. The molecule has 0 spiro atoms. The number of nitrogens with zero attached hydrogens (tertiary/aromatic N) is 2. The van der Waals surface area contributed by atoms with E-state index in [0.29, 0.717) is 13.0 Å². The molecule has 1 aliphatic carbocycles. The number of rotatable bonds is 5. The van der Waals surface area contributed by atoms with Crippen molar-refractivity contribution in [2.75, 3.05) is 25.0 Å². The Hall–Kier alpha value is -3.14. The number of urea groups is 2. The number of carbonyl (C=O) groups is 3. The van der Waals surface area contributed by atoms with Crippen LogP contribution in [0.25, 0.3) is 0 Å². The molecule has 5 N–H and O–H groups in total. The van der Waals surface area contributed by atoms with Crippen molar-refractivity contribution in [1.82, 2.24) is 20.4 Å². The molecule has 1 atom stereocenters. The van der Waals surface area contributed by atoms with Crippen LogP contribution in [-0.4, -0.2) is 65.7 Å². The van der Waals surface area contributed by atoms with Crippen LogP contribution < -0.4 is 21.7 Å². The molecule has 1 saturated heterocycles. The van der Waals surface area contributed by atoms with Gasteiger partial charge >= 0.3 is 12.1 Å². The Bertz CT molecular complexity index is 843. The molecule has 5 amide bonds. The maximum Gasteiger partial charge on any atom is 0.323 e. The highest BCUT2D eigenvalue weighted by Crippen LogP contribution is 2.21. The highest BCUT2D eigenvalue weighted by Gasteiger charge is 2.41. The summed E-state index contributed by atoms with van der Waals surface area (Å²) in [6, 6.07) is 4.53. The molecule has 2 aliphatic rings. The summed E-state index contributed by atoms with van der Waals surface area (Å²) in [6.45, 7) is 4.42. The lowest BCUT2D eigenvalue weighted by atomic mass is 9.92. The maximum absolute atomic E-state index is 13.5. The number of hydrogen-bond donors (Lipinski definition) is 4. The van der Waals surface area contributed by atoms with Crippen molar-refractivity contribution in [2.24, 2.45) is 5.73 Å². The highest BCUT2D eigenvalue weighted by atomic mass is 19.1. The van der Waals surface area contributed by atoms with Gasteiger partial charge in [-0.3, -0.25) is 14.6 Å². The Balaban J connectivity index is 1.78. The molecule has 32 heavy (non-hydrogen) atoms. The van der Waals surface area contributed by atoms with Crippen molar-refractivity contribution in [3.05, 3.63) is 42.7 Å². The number of hydrogen-bond acceptors (Lipinski definition) is 4. The lowest BCUT2D eigenvalue weighted by Crippen LogP contribution is -2.66. The quantitative estimate of drug-likeness (QED) is 0.517. The van der Waals surface area contributed by atoms with E-state index in [-0.39, 0.29) is 30.9 Å². The van der Waals surface area contributed by atoms with Crippen molar-refractivity contribution >= 4 is 23.7 Å². The summed E-state index contributed by atoms with van der Waals surface area (Å²) in [5.41, 5.74) is 6.22. The first kappa shape index (κ1) is 23.5. The van der Waals surface area contributed by atoms with Crippen molar-refractivity contribution in [3.63, 3.8) is 0 Å². The SMILES string of the molecule is C=CCNC(=O)N1CCCN(C(=O)Nc2cccc(F)c2)C1C(=O)NC1CCC(N)CC1. The van der Waals surface area contributed by atoms with E-state index >= 15 is 0 Å². The van der Waals surface area contributed by atoms with Gasteiger partial charge < -0.3 is 21.7 Å². The maximum atomic E-state index is 13.5. The van der Waals surface area contributed by atoms with Crippen LogP contribution in [0, 0.1) is 5.82 Å². The van der Waals surface area contributed by atoms with E-state index in [4.69, 9.17) is 5.73 Å². The van der Waals surface area contributed by atoms with Gasteiger partial charge in [-0.25, -0.2) is 14.0 Å². The van der Waals surface area contributed by atoms with E-state index in [1.807, 2.05) is 0 Å². The zero-order chi connectivity index (χ0) is 23.1. The first-order valence-corrected chi connectivity index (χ1v) is 10.9. The van der Waals surface area contributed by atoms with Crippen LogP contribution in [-0.2, 0) is 4.79 Å². The fraction of sp³-hybridized carbons (Fsp3) is 0.500. The summed E-state index contributed by atoms with van der Waals surface area (Å²) < 4.78 is 13.5. The molecule has 0 bridgehead atoms. The van der Waals surface area contributed by atoms with E-state index in [9.17, 15) is 18.8 Å². The first-order valence-electron chi connectivity index (χ1n) is 10.9. The van der Waals surface area contributed by atoms with Gasteiger partial charge in [0.25, 0.3) is 5.91 Å². The smallest absolute Gasteiger partial charge is 0.323 e. The van der Waals surface area contributed by atoms with E-state index < -0.39 is 30.0 Å². The number of halogens is 1. The van der Waals surface area contributed by atoms with Crippen molar-refractivity contribution in [2.45, 2.75) is 50.4 Å². The fourth-order valence-corrected chi connectivity index (χ4v) is 4.09. The molecule has 0 aromatic heterocycles. The van der Waals surface area contributed by atoms with Gasteiger partial charge in [0, 0.05) is 37.4 Å². The predicted molar refractivity (Wildman–Crippen MR) is 119 cm³/mol. The number of amides is 5. The summed E-state index contributed by atoms with van der Waals surface area (Å²) in [5, 5.41) is 8.29. The summed E-state index contributed by atoms with van der Waals surface area (Å²) in [4.78, 5) is 41.7. The zero-order valence-electron chi connectivity index (χ0n) is 18.1. The second kappa shape index (κ2) is 10.9. The Labute approximate surface area is 187 Å². The molecule has 2 fully saturated rings. The Kier molecular flexibility index (Phi) is 8.04. The van der Waals surface area contributed by atoms with E-state index in [0.717, 1.165) is 25.7 Å². The van der Waals surface area contributed by atoms with Gasteiger partial charge in [-0.2, -0.15) is 0 Å². The van der Waals surface area contributed by atoms with Crippen LogP contribution in [0.5, 0.6) is 0 Å². The molecule has 0 radical (unpaired) electrons. The molecule has 1 unspecified atom stereocenters. The standard InChI is InChI=1S/C22H31FN6O3/c1-2-11-25-21(31)28-12-4-13-29(22(32)27-18-6-3-5-15(23)14-18)20(28)19(30)26-17-9-7-16(24)8-10-17/h2-3,5-6,14,16-17,20H,1,4,7-13,24H2,(H,25,31)(H,26,30)(H,27,32). The monoisotopic (exact) mass is 446 g/mol. The normalized spacial score (nSPS) is 23.2. The highest BCUT2D eigenvalue weighted by molar-refractivity contribution is 5.95. The number of anilines is 1. The Morgan fingerprint density at radius 2 is 1.81 bits per heavy atom. The molecule has 1 heterocycles. The minimum atomic E-state index is -1.13. The van der Waals surface area contributed by atoms with Gasteiger partial charge in [0.15, 0.2) is 6.17 Å². The van der Waals surface area contributed by atoms with E-state index in [2.05, 4.69) is 22.5 Å². The number of carbonyl (C=O) groups excluding carboxylic acids is 3. The lowest BCUT2D eigenvalue weighted by Gasteiger charge is -2.43. The van der Waals surface area contributed by atoms with Gasteiger partial charge in [0.1, 0.15) is 5.82 Å². The Morgan fingerprint density at radius 3 is 2.47 bits per heavy atom. The third-order valence-electron chi connectivity index (χ3n) is 5.74. The van der Waals surface area contributed by atoms with Crippen LogP contribution >= 0.6 is 0 Å². The minimum absolute atomic E-state index is 0.0598. The van der Waals surface area contributed by atoms with Crippen molar-refractivity contribution in [1.29, 1.82) is 0 Å². The molecular weight excluding hydrogens is 415 g/mol. The fourth-order valence-electron chi connectivity index (χ4n) is 4.09. The predicted octanol–water partition coefficient (Wildman–Crippen LogP) is 1.97. The molecular formula is C22H31FN6O3. The van der Waals surface area contributed by atoms with Crippen LogP contribution in [0.1, 0.15) is 32.1 Å². The first-order chi connectivity index (χ1) is 15.4. The minimum Gasteiger partial charge on any atom is -0.350 e. The van der Waals surface area contributed by atoms with Crippen molar-refractivity contribution in [3.8, 4) is 0 Å². The number of benzene rings is 1. The summed E-state index contributed by atoms with van der Waals surface area (Å²) in [5.74, 6) is -0.912. The van der Waals surface area contributed by atoms with Crippen LogP contribution in [0.15, 0.2) is 36.9 Å². The summed E-state index contributed by atoms with van der Waals surface area (Å²) in [7, 11) is 0. The molecule has 3 rings (SSSR count). The van der Waals surface area contributed by atoms with Gasteiger partial charge in [-0.15, -0.1) is 6.58 Å². The van der Waals surface area contributed by atoms with Gasteiger partial charge in [-0.1, -0.05) is 12.1 Å². The summed E-state index contributed by atoms with van der Waals surface area (Å²) in [6.07, 6.45) is 4.02. The average molecular weight is 447 g/mol. The molecule has 1 aromatic rings. The van der Waals surface area contributed by atoms with Crippen LogP contribution in [0.3, 0.4) is 0 Å². The lowest BCUT2D eigenvalue weighted by molar-refractivity contribution is -0.132. The average Bonchev–Trinajstić information content (AvgIpc) is 2.78. The topological polar surface area (TPSA) is 120 Å². The van der Waals surface area contributed by atoms with Crippen molar-refractivity contribution < 1.29 is 18.8 Å². The zero-order valence-corrected chi connectivity index (χ0v) is 18.1. The number of nitrogens with two attached hydrogens (primary N) is 1. The van der Waals surface area contributed by atoms with E-state index in [1.165, 1.54) is 34.1 Å². The van der Waals surface area contributed by atoms with Crippen LogP contribution in [0.2, 0.25) is 0 Å².